The van der Waals surface area contributed by atoms with Gasteiger partial charge in [-0.05, 0) is 61.5 Å². The summed E-state index contributed by atoms with van der Waals surface area (Å²) in [7, 11) is 0. The molecule has 3 rings (SSSR count). The van der Waals surface area contributed by atoms with Gasteiger partial charge in [0.05, 0.1) is 0 Å². The highest BCUT2D eigenvalue weighted by molar-refractivity contribution is 6.31. The number of carbonyl (C=O) groups excluding carboxylic acids is 1. The Hall–Kier alpha value is -1.84. The van der Waals surface area contributed by atoms with Gasteiger partial charge in [-0.15, -0.1) is 0 Å². The van der Waals surface area contributed by atoms with Crippen LogP contribution in [-0.2, 0) is 24.2 Å². The fraction of sp³-hybridized carbons (Fsp3) is 0.435. The van der Waals surface area contributed by atoms with E-state index in [-0.39, 0.29) is 11.8 Å². The predicted molar refractivity (Wildman–Crippen MR) is 113 cm³/mol. The van der Waals surface area contributed by atoms with E-state index in [9.17, 15) is 4.79 Å². The molecule has 1 fully saturated rings. The number of carbonyl (C=O) groups is 1. The number of likely N-dealkylation sites (tertiary alicyclic amines) is 1. The summed E-state index contributed by atoms with van der Waals surface area (Å²) in [5, 5.41) is 4.07. The maximum atomic E-state index is 12.9. The van der Waals surface area contributed by atoms with E-state index < -0.39 is 0 Å². The van der Waals surface area contributed by atoms with E-state index in [1.165, 1.54) is 11.1 Å². The van der Waals surface area contributed by atoms with Gasteiger partial charge in [-0.25, -0.2) is 0 Å². The largest absolute Gasteiger partial charge is 0.325 e. The van der Waals surface area contributed by atoms with Crippen molar-refractivity contribution in [2.45, 2.75) is 46.1 Å². The van der Waals surface area contributed by atoms with E-state index in [0.717, 1.165) is 61.6 Å². The number of aryl methyl sites for hydroxylation is 2. The van der Waals surface area contributed by atoms with Crippen LogP contribution in [0, 0.1) is 5.92 Å². The Morgan fingerprint density at radius 3 is 2.19 bits per heavy atom. The third-order valence-electron chi connectivity index (χ3n) is 5.56. The maximum absolute atomic E-state index is 12.9. The molecule has 0 aromatic heterocycles. The van der Waals surface area contributed by atoms with E-state index >= 15 is 0 Å². The molecule has 0 atom stereocenters. The Bertz CT molecular complexity index is 759. The van der Waals surface area contributed by atoms with Crippen LogP contribution >= 0.6 is 11.6 Å². The number of benzene rings is 2. The fourth-order valence-corrected chi connectivity index (χ4v) is 4.04. The average Bonchev–Trinajstić information content (AvgIpc) is 2.70. The Morgan fingerprint density at radius 1 is 1.00 bits per heavy atom. The number of para-hydroxylation sites is 1. The molecule has 3 nitrogen and oxygen atoms in total. The van der Waals surface area contributed by atoms with Gasteiger partial charge in [0.25, 0.3) is 0 Å². The molecule has 0 saturated carbocycles. The van der Waals surface area contributed by atoms with Gasteiger partial charge < -0.3 is 5.32 Å². The smallest absolute Gasteiger partial charge is 0.227 e. The number of hydrogen-bond donors (Lipinski definition) is 1. The average molecular weight is 385 g/mol. The van der Waals surface area contributed by atoms with Gasteiger partial charge in [-0.3, -0.25) is 9.69 Å². The van der Waals surface area contributed by atoms with Crippen molar-refractivity contribution in [3.05, 3.63) is 64.2 Å². The molecule has 27 heavy (non-hydrogen) atoms. The van der Waals surface area contributed by atoms with Crippen molar-refractivity contribution < 1.29 is 4.79 Å². The highest BCUT2D eigenvalue weighted by atomic mass is 35.5. The minimum Gasteiger partial charge on any atom is -0.325 e. The van der Waals surface area contributed by atoms with Crippen molar-refractivity contribution in [2.24, 2.45) is 5.92 Å². The number of nitrogens with one attached hydrogen (secondary N) is 1. The first kappa shape index (κ1) is 19.9. The van der Waals surface area contributed by atoms with Crippen LogP contribution in [0.2, 0.25) is 5.02 Å². The van der Waals surface area contributed by atoms with E-state index in [1.54, 1.807) is 0 Å². The number of hydrogen-bond acceptors (Lipinski definition) is 2. The number of nitrogens with zero attached hydrogens (tertiary/aromatic N) is 1. The summed E-state index contributed by atoms with van der Waals surface area (Å²) in [5.74, 6) is 0.255. The first-order valence-corrected chi connectivity index (χ1v) is 10.4. The minimum atomic E-state index is 0.0853. The molecule has 1 amide bonds. The lowest BCUT2D eigenvalue weighted by Crippen LogP contribution is -2.38. The van der Waals surface area contributed by atoms with Gasteiger partial charge in [0, 0.05) is 23.2 Å². The van der Waals surface area contributed by atoms with Gasteiger partial charge in [0.2, 0.25) is 5.91 Å². The van der Waals surface area contributed by atoms with Gasteiger partial charge in [0.15, 0.2) is 0 Å². The van der Waals surface area contributed by atoms with E-state index in [2.05, 4.69) is 48.3 Å². The second-order valence-electron chi connectivity index (χ2n) is 7.29. The van der Waals surface area contributed by atoms with Crippen molar-refractivity contribution in [2.75, 3.05) is 18.4 Å². The van der Waals surface area contributed by atoms with Crippen LogP contribution in [0.15, 0.2) is 42.5 Å². The molecule has 144 valence electrons. The third kappa shape index (κ3) is 4.91. The summed E-state index contributed by atoms with van der Waals surface area (Å²) in [6.45, 7) is 6.99. The zero-order valence-electron chi connectivity index (χ0n) is 16.3. The molecule has 1 N–H and O–H groups in total. The molecular formula is C23H29ClN2O. The SMILES string of the molecule is CCc1cccc(CC)c1NC(=O)C1CCN(Cc2ccccc2Cl)CC1. The van der Waals surface area contributed by atoms with Crippen LogP contribution in [0.3, 0.4) is 0 Å². The van der Waals surface area contributed by atoms with Crippen LogP contribution in [0.4, 0.5) is 5.69 Å². The molecule has 0 radical (unpaired) electrons. The predicted octanol–water partition coefficient (Wildman–Crippen LogP) is 5.32. The Morgan fingerprint density at radius 2 is 1.59 bits per heavy atom. The summed E-state index contributed by atoms with van der Waals surface area (Å²) >= 11 is 6.28. The van der Waals surface area contributed by atoms with E-state index in [1.807, 2.05) is 18.2 Å². The van der Waals surface area contributed by atoms with Crippen molar-refractivity contribution >= 4 is 23.2 Å². The monoisotopic (exact) mass is 384 g/mol. The zero-order valence-corrected chi connectivity index (χ0v) is 17.1. The van der Waals surface area contributed by atoms with Crippen LogP contribution in [-0.4, -0.2) is 23.9 Å². The van der Waals surface area contributed by atoms with E-state index in [4.69, 9.17) is 11.6 Å². The fourth-order valence-electron chi connectivity index (χ4n) is 3.85. The first-order chi connectivity index (χ1) is 13.1. The standard InChI is InChI=1S/C23H29ClN2O/c1-3-17-9-7-10-18(4-2)22(17)25-23(27)19-12-14-26(15-13-19)16-20-8-5-6-11-21(20)24/h5-11,19H,3-4,12-16H2,1-2H3,(H,25,27). The molecule has 1 saturated heterocycles. The molecule has 0 aliphatic carbocycles. The number of halogens is 1. The molecule has 2 aromatic carbocycles. The lowest BCUT2D eigenvalue weighted by atomic mass is 9.94. The quantitative estimate of drug-likeness (QED) is 0.731. The summed E-state index contributed by atoms with van der Waals surface area (Å²) in [6, 6.07) is 14.3. The molecule has 1 aliphatic heterocycles. The molecular weight excluding hydrogens is 356 g/mol. The molecule has 2 aromatic rings. The lowest BCUT2D eigenvalue weighted by Gasteiger charge is -2.31. The van der Waals surface area contributed by atoms with Crippen LogP contribution in [0.25, 0.3) is 0 Å². The van der Waals surface area contributed by atoms with Crippen molar-refractivity contribution in [3.8, 4) is 0 Å². The first-order valence-electron chi connectivity index (χ1n) is 9.99. The number of anilines is 1. The van der Waals surface area contributed by atoms with Gasteiger partial charge in [0.1, 0.15) is 0 Å². The minimum absolute atomic E-state index is 0.0853. The summed E-state index contributed by atoms with van der Waals surface area (Å²) in [6.07, 6.45) is 3.65. The molecule has 0 bridgehead atoms. The number of amides is 1. The van der Waals surface area contributed by atoms with Crippen molar-refractivity contribution in [1.29, 1.82) is 0 Å². The second-order valence-corrected chi connectivity index (χ2v) is 7.70. The third-order valence-corrected chi connectivity index (χ3v) is 5.93. The molecule has 0 spiro atoms. The van der Waals surface area contributed by atoms with Crippen molar-refractivity contribution in [3.63, 3.8) is 0 Å². The van der Waals surface area contributed by atoms with Crippen LogP contribution in [0.5, 0.6) is 0 Å². The molecule has 1 heterocycles. The lowest BCUT2D eigenvalue weighted by molar-refractivity contribution is -0.121. The van der Waals surface area contributed by atoms with Gasteiger partial charge >= 0.3 is 0 Å². The highest BCUT2D eigenvalue weighted by Gasteiger charge is 2.26. The summed E-state index contributed by atoms with van der Waals surface area (Å²) in [5.41, 5.74) is 4.63. The highest BCUT2D eigenvalue weighted by Crippen LogP contribution is 2.26. The number of rotatable bonds is 6. The Balaban J connectivity index is 1.59. The summed E-state index contributed by atoms with van der Waals surface area (Å²) in [4.78, 5) is 15.3. The normalized spacial score (nSPS) is 15.7. The Labute approximate surface area is 167 Å². The maximum Gasteiger partial charge on any atom is 0.227 e. The molecule has 1 aliphatic rings. The summed E-state index contributed by atoms with van der Waals surface area (Å²) < 4.78 is 0. The zero-order chi connectivity index (χ0) is 19.2. The topological polar surface area (TPSA) is 32.3 Å². The van der Waals surface area contributed by atoms with Gasteiger partial charge in [-0.2, -0.15) is 0 Å². The van der Waals surface area contributed by atoms with Gasteiger partial charge in [-0.1, -0.05) is 61.8 Å². The van der Waals surface area contributed by atoms with Crippen LogP contribution in [0.1, 0.15) is 43.4 Å². The second kappa shape index (κ2) is 9.38. The van der Waals surface area contributed by atoms with E-state index in [0.29, 0.717) is 0 Å². The number of piperidine rings is 1. The van der Waals surface area contributed by atoms with Crippen LogP contribution < -0.4 is 5.32 Å². The molecule has 4 heteroatoms. The Kier molecular flexibility index (Phi) is 6.92. The molecule has 0 unspecified atom stereocenters. The van der Waals surface area contributed by atoms with Crippen molar-refractivity contribution in [1.82, 2.24) is 4.90 Å².